The molecule has 20 heavy (non-hydrogen) atoms. The minimum atomic E-state index is 0.107. The van der Waals surface area contributed by atoms with Crippen LogP contribution in [0.3, 0.4) is 0 Å². The second kappa shape index (κ2) is 5.77. The Kier molecular flexibility index (Phi) is 3.85. The average Bonchev–Trinajstić information content (AvgIpc) is 2.88. The normalized spacial score (nSPS) is 18.0. The molecule has 4 nitrogen and oxygen atoms in total. The van der Waals surface area contributed by atoms with Crippen molar-refractivity contribution < 1.29 is 5.11 Å². The second-order valence-electron chi connectivity index (χ2n) is 5.47. The molecular formula is C16H21N3O. The first-order valence-electron chi connectivity index (χ1n) is 7.21. The van der Waals surface area contributed by atoms with Gasteiger partial charge in [0.15, 0.2) is 0 Å². The van der Waals surface area contributed by atoms with Gasteiger partial charge in [0.2, 0.25) is 0 Å². The number of hydrogen-bond acceptors (Lipinski definition) is 3. The fraction of sp³-hybridized carbons (Fsp3) is 0.438. The SMILES string of the molecule is Cn1ncc2c1CCCC2NCc1ccc(CO)cc1. The number of rotatable bonds is 4. The molecule has 0 radical (unpaired) electrons. The summed E-state index contributed by atoms with van der Waals surface area (Å²) in [6, 6.07) is 8.52. The molecule has 0 aliphatic heterocycles. The van der Waals surface area contributed by atoms with Crippen LogP contribution >= 0.6 is 0 Å². The van der Waals surface area contributed by atoms with Gasteiger partial charge in [-0.15, -0.1) is 0 Å². The highest BCUT2D eigenvalue weighted by Gasteiger charge is 2.22. The maximum Gasteiger partial charge on any atom is 0.0681 e. The van der Waals surface area contributed by atoms with Crippen LogP contribution in [0.1, 0.15) is 41.3 Å². The Hall–Kier alpha value is -1.65. The van der Waals surface area contributed by atoms with Crippen molar-refractivity contribution in [1.82, 2.24) is 15.1 Å². The minimum Gasteiger partial charge on any atom is -0.392 e. The maximum absolute atomic E-state index is 9.05. The summed E-state index contributed by atoms with van der Waals surface area (Å²) >= 11 is 0. The van der Waals surface area contributed by atoms with Gasteiger partial charge < -0.3 is 10.4 Å². The highest BCUT2D eigenvalue weighted by molar-refractivity contribution is 5.26. The van der Waals surface area contributed by atoms with E-state index >= 15 is 0 Å². The van der Waals surface area contributed by atoms with Crippen molar-refractivity contribution in [3.8, 4) is 0 Å². The van der Waals surface area contributed by atoms with E-state index in [1.807, 2.05) is 30.1 Å². The summed E-state index contributed by atoms with van der Waals surface area (Å²) in [5, 5.41) is 17.1. The number of aliphatic hydroxyl groups excluding tert-OH is 1. The Bertz CT molecular complexity index is 574. The fourth-order valence-corrected chi connectivity index (χ4v) is 2.92. The third-order valence-corrected chi connectivity index (χ3v) is 4.13. The maximum atomic E-state index is 9.05. The molecule has 1 aliphatic rings. The molecule has 1 aliphatic carbocycles. The number of benzene rings is 1. The Morgan fingerprint density at radius 2 is 2.05 bits per heavy atom. The van der Waals surface area contributed by atoms with Gasteiger partial charge in [0.1, 0.15) is 0 Å². The van der Waals surface area contributed by atoms with Gasteiger partial charge in [-0.3, -0.25) is 4.68 Å². The lowest BCUT2D eigenvalue weighted by Gasteiger charge is -2.24. The van der Waals surface area contributed by atoms with E-state index in [4.69, 9.17) is 5.11 Å². The van der Waals surface area contributed by atoms with Crippen molar-refractivity contribution in [2.24, 2.45) is 7.05 Å². The fourth-order valence-electron chi connectivity index (χ4n) is 2.92. The van der Waals surface area contributed by atoms with Crippen LogP contribution in [0, 0.1) is 0 Å². The predicted molar refractivity (Wildman–Crippen MR) is 78.1 cm³/mol. The zero-order valence-corrected chi connectivity index (χ0v) is 11.8. The van der Waals surface area contributed by atoms with E-state index in [0.29, 0.717) is 6.04 Å². The first kappa shape index (κ1) is 13.3. The summed E-state index contributed by atoms with van der Waals surface area (Å²) in [6.07, 6.45) is 5.53. The smallest absolute Gasteiger partial charge is 0.0681 e. The topological polar surface area (TPSA) is 50.1 Å². The van der Waals surface area contributed by atoms with Crippen molar-refractivity contribution >= 4 is 0 Å². The van der Waals surface area contributed by atoms with Crippen LogP contribution in [0.2, 0.25) is 0 Å². The Morgan fingerprint density at radius 3 is 2.80 bits per heavy atom. The number of aromatic nitrogens is 2. The largest absolute Gasteiger partial charge is 0.392 e. The van der Waals surface area contributed by atoms with E-state index in [2.05, 4.69) is 22.5 Å². The summed E-state index contributed by atoms with van der Waals surface area (Å²) in [5.41, 5.74) is 4.93. The lowest BCUT2D eigenvalue weighted by molar-refractivity contribution is 0.282. The number of fused-ring (bicyclic) bond motifs is 1. The van der Waals surface area contributed by atoms with Crippen molar-refractivity contribution in [3.05, 3.63) is 52.8 Å². The quantitative estimate of drug-likeness (QED) is 0.895. The van der Waals surface area contributed by atoms with E-state index in [0.717, 1.165) is 18.5 Å². The van der Waals surface area contributed by atoms with Crippen molar-refractivity contribution in [2.45, 2.75) is 38.5 Å². The van der Waals surface area contributed by atoms with Crippen molar-refractivity contribution in [2.75, 3.05) is 0 Å². The van der Waals surface area contributed by atoms with E-state index < -0.39 is 0 Å². The van der Waals surface area contributed by atoms with Gasteiger partial charge in [0.05, 0.1) is 12.8 Å². The monoisotopic (exact) mass is 271 g/mol. The summed E-state index contributed by atoms with van der Waals surface area (Å²) in [7, 11) is 2.02. The Balaban J connectivity index is 1.66. The van der Waals surface area contributed by atoms with Crippen LogP contribution in [-0.4, -0.2) is 14.9 Å². The van der Waals surface area contributed by atoms with Crippen LogP contribution < -0.4 is 5.32 Å². The molecule has 0 spiro atoms. The van der Waals surface area contributed by atoms with Crippen LogP contribution in [0.15, 0.2) is 30.5 Å². The molecule has 1 atom stereocenters. The highest BCUT2D eigenvalue weighted by Crippen LogP contribution is 2.29. The van der Waals surface area contributed by atoms with Crippen molar-refractivity contribution in [1.29, 1.82) is 0 Å². The van der Waals surface area contributed by atoms with Gasteiger partial charge in [-0.05, 0) is 30.4 Å². The zero-order valence-electron chi connectivity index (χ0n) is 11.8. The molecule has 0 saturated heterocycles. The molecule has 106 valence electrons. The number of hydrogen-bond donors (Lipinski definition) is 2. The molecule has 1 unspecified atom stereocenters. The summed E-state index contributed by atoms with van der Waals surface area (Å²) in [4.78, 5) is 0. The molecule has 1 heterocycles. The van der Waals surface area contributed by atoms with Crippen LogP contribution in [0.4, 0.5) is 0 Å². The van der Waals surface area contributed by atoms with Crippen LogP contribution in [0.5, 0.6) is 0 Å². The summed E-state index contributed by atoms with van der Waals surface area (Å²) in [5.74, 6) is 0. The first-order valence-corrected chi connectivity index (χ1v) is 7.21. The van der Waals surface area contributed by atoms with Crippen LogP contribution in [0.25, 0.3) is 0 Å². The number of aliphatic hydroxyl groups is 1. The first-order chi connectivity index (χ1) is 9.78. The lowest BCUT2D eigenvalue weighted by atomic mass is 9.93. The van der Waals surface area contributed by atoms with Gasteiger partial charge in [0.25, 0.3) is 0 Å². The predicted octanol–water partition coefficient (Wildman–Crippen LogP) is 2.08. The Labute approximate surface area is 119 Å². The molecule has 1 aromatic carbocycles. The van der Waals surface area contributed by atoms with E-state index in [1.165, 1.54) is 29.7 Å². The molecular weight excluding hydrogens is 250 g/mol. The Morgan fingerprint density at radius 1 is 1.30 bits per heavy atom. The number of nitrogens with one attached hydrogen (secondary N) is 1. The molecule has 1 aromatic heterocycles. The van der Waals surface area contributed by atoms with E-state index in [-0.39, 0.29) is 6.61 Å². The number of aryl methyl sites for hydroxylation is 1. The van der Waals surface area contributed by atoms with E-state index in [1.54, 1.807) is 0 Å². The van der Waals surface area contributed by atoms with Gasteiger partial charge in [-0.1, -0.05) is 24.3 Å². The lowest BCUT2D eigenvalue weighted by Crippen LogP contribution is -2.24. The molecule has 2 N–H and O–H groups in total. The third-order valence-electron chi connectivity index (χ3n) is 4.13. The summed E-state index contributed by atoms with van der Waals surface area (Å²) < 4.78 is 2.00. The molecule has 0 amide bonds. The molecule has 3 rings (SSSR count). The number of nitrogens with zero attached hydrogens (tertiary/aromatic N) is 2. The highest BCUT2D eigenvalue weighted by atomic mass is 16.3. The third kappa shape index (κ3) is 2.62. The van der Waals surface area contributed by atoms with E-state index in [9.17, 15) is 0 Å². The molecule has 2 aromatic rings. The van der Waals surface area contributed by atoms with Gasteiger partial charge in [-0.25, -0.2) is 0 Å². The summed E-state index contributed by atoms with van der Waals surface area (Å²) in [6.45, 7) is 0.958. The molecule has 0 fully saturated rings. The molecule has 0 bridgehead atoms. The van der Waals surface area contributed by atoms with Crippen LogP contribution in [-0.2, 0) is 26.6 Å². The van der Waals surface area contributed by atoms with Gasteiger partial charge in [0, 0.05) is 30.9 Å². The minimum absolute atomic E-state index is 0.107. The average molecular weight is 271 g/mol. The second-order valence-corrected chi connectivity index (χ2v) is 5.47. The van der Waals surface area contributed by atoms with Gasteiger partial charge >= 0.3 is 0 Å². The van der Waals surface area contributed by atoms with Crippen molar-refractivity contribution in [3.63, 3.8) is 0 Å². The molecule has 4 heteroatoms. The molecule has 0 saturated carbocycles. The van der Waals surface area contributed by atoms with Gasteiger partial charge in [-0.2, -0.15) is 5.10 Å². The standard InChI is InChI=1S/C16H21N3O/c1-19-16-4-2-3-15(14(16)10-18-19)17-9-12-5-7-13(11-20)8-6-12/h5-8,10,15,17,20H,2-4,9,11H2,1H3. The zero-order chi connectivity index (χ0) is 13.9.